The summed E-state index contributed by atoms with van der Waals surface area (Å²) in [4.78, 5) is 12.3. The summed E-state index contributed by atoms with van der Waals surface area (Å²) in [5, 5.41) is 3.30. The molecule has 0 aliphatic heterocycles. The lowest BCUT2D eigenvalue weighted by Crippen LogP contribution is -2.44. The standard InChI is InChI=1S/C16H30N2O.ClH/c1-11(2)12-5-4-8-15(10-12)18-16(19)13-6-3-7-14(17)9-13;/h11-15H,3-10,17H2,1-2H3,(H,18,19);1H. The lowest BCUT2D eigenvalue weighted by molar-refractivity contribution is -0.127. The van der Waals surface area contributed by atoms with E-state index in [4.69, 9.17) is 5.73 Å². The first-order valence-corrected chi connectivity index (χ1v) is 8.12. The zero-order chi connectivity index (χ0) is 13.8. The molecule has 4 heteroatoms. The molecule has 1 amide bonds. The quantitative estimate of drug-likeness (QED) is 0.841. The van der Waals surface area contributed by atoms with Crippen LogP contribution in [0.1, 0.15) is 65.2 Å². The van der Waals surface area contributed by atoms with Crippen molar-refractivity contribution in [1.29, 1.82) is 0 Å². The van der Waals surface area contributed by atoms with Gasteiger partial charge in [0.05, 0.1) is 0 Å². The van der Waals surface area contributed by atoms with Crippen LogP contribution in [-0.2, 0) is 4.79 Å². The van der Waals surface area contributed by atoms with Crippen LogP contribution >= 0.6 is 12.4 Å². The van der Waals surface area contributed by atoms with E-state index in [2.05, 4.69) is 19.2 Å². The van der Waals surface area contributed by atoms with Crippen LogP contribution in [0, 0.1) is 17.8 Å². The summed E-state index contributed by atoms with van der Waals surface area (Å²) in [5.41, 5.74) is 5.98. The highest BCUT2D eigenvalue weighted by Gasteiger charge is 2.29. The van der Waals surface area contributed by atoms with Crippen LogP contribution in [0.3, 0.4) is 0 Å². The van der Waals surface area contributed by atoms with E-state index in [1.54, 1.807) is 0 Å². The molecule has 0 radical (unpaired) electrons. The van der Waals surface area contributed by atoms with Crippen LogP contribution in [0.15, 0.2) is 0 Å². The number of rotatable bonds is 3. The lowest BCUT2D eigenvalue weighted by atomic mass is 9.79. The van der Waals surface area contributed by atoms with Crippen molar-refractivity contribution in [2.75, 3.05) is 0 Å². The van der Waals surface area contributed by atoms with Crippen molar-refractivity contribution >= 4 is 18.3 Å². The summed E-state index contributed by atoms with van der Waals surface area (Å²) < 4.78 is 0. The second kappa shape index (κ2) is 8.23. The highest BCUT2D eigenvalue weighted by molar-refractivity contribution is 5.85. The van der Waals surface area contributed by atoms with Crippen LogP contribution < -0.4 is 11.1 Å². The van der Waals surface area contributed by atoms with Gasteiger partial charge in [0.25, 0.3) is 0 Å². The minimum atomic E-state index is 0. The van der Waals surface area contributed by atoms with E-state index >= 15 is 0 Å². The van der Waals surface area contributed by atoms with Gasteiger partial charge in [-0.05, 0) is 43.9 Å². The van der Waals surface area contributed by atoms with Gasteiger partial charge in [0.2, 0.25) is 5.91 Å². The van der Waals surface area contributed by atoms with Gasteiger partial charge >= 0.3 is 0 Å². The number of hydrogen-bond donors (Lipinski definition) is 2. The van der Waals surface area contributed by atoms with E-state index in [1.165, 1.54) is 19.3 Å². The first kappa shape index (κ1) is 17.8. The largest absolute Gasteiger partial charge is 0.353 e. The normalized spacial score (nSPS) is 34.4. The number of amides is 1. The second-order valence-corrected chi connectivity index (χ2v) is 7.00. The molecule has 2 aliphatic carbocycles. The smallest absolute Gasteiger partial charge is 0.223 e. The third kappa shape index (κ3) is 4.92. The number of halogens is 1. The second-order valence-electron chi connectivity index (χ2n) is 7.00. The van der Waals surface area contributed by atoms with E-state index < -0.39 is 0 Å². The Bertz CT molecular complexity index is 309. The van der Waals surface area contributed by atoms with Crippen molar-refractivity contribution in [3.63, 3.8) is 0 Å². The Kier molecular flexibility index (Phi) is 7.32. The van der Waals surface area contributed by atoms with Gasteiger partial charge in [-0.2, -0.15) is 0 Å². The van der Waals surface area contributed by atoms with E-state index in [-0.39, 0.29) is 30.3 Å². The first-order chi connectivity index (χ1) is 9.06. The van der Waals surface area contributed by atoms with Crippen molar-refractivity contribution in [2.45, 2.75) is 77.3 Å². The summed E-state index contributed by atoms with van der Waals surface area (Å²) >= 11 is 0. The summed E-state index contributed by atoms with van der Waals surface area (Å²) in [6, 6.07) is 0.645. The molecule has 0 heterocycles. The van der Waals surface area contributed by atoms with Gasteiger partial charge in [0, 0.05) is 18.0 Å². The average molecular weight is 303 g/mol. The molecule has 20 heavy (non-hydrogen) atoms. The Labute approximate surface area is 129 Å². The van der Waals surface area contributed by atoms with Crippen molar-refractivity contribution in [3.8, 4) is 0 Å². The van der Waals surface area contributed by atoms with Crippen LogP contribution in [0.4, 0.5) is 0 Å². The van der Waals surface area contributed by atoms with Crippen molar-refractivity contribution in [1.82, 2.24) is 5.32 Å². The number of hydrogen-bond acceptors (Lipinski definition) is 2. The third-order valence-electron chi connectivity index (χ3n) is 5.09. The molecule has 0 spiro atoms. The molecule has 0 aromatic carbocycles. The van der Waals surface area contributed by atoms with Crippen LogP contribution in [-0.4, -0.2) is 18.0 Å². The molecule has 3 N–H and O–H groups in total. The molecule has 4 atom stereocenters. The predicted molar refractivity (Wildman–Crippen MR) is 85.9 cm³/mol. The van der Waals surface area contributed by atoms with Gasteiger partial charge in [0.1, 0.15) is 0 Å². The molecular formula is C16H31ClN2O. The zero-order valence-electron chi connectivity index (χ0n) is 12.9. The number of nitrogens with one attached hydrogen (secondary N) is 1. The van der Waals surface area contributed by atoms with Crippen molar-refractivity contribution in [2.24, 2.45) is 23.5 Å². The van der Waals surface area contributed by atoms with Gasteiger partial charge in [-0.25, -0.2) is 0 Å². The molecule has 0 aromatic heterocycles. The molecular weight excluding hydrogens is 272 g/mol. The molecule has 4 unspecified atom stereocenters. The molecule has 2 saturated carbocycles. The maximum absolute atomic E-state index is 12.3. The minimum Gasteiger partial charge on any atom is -0.353 e. The van der Waals surface area contributed by atoms with Gasteiger partial charge < -0.3 is 11.1 Å². The molecule has 0 saturated heterocycles. The molecule has 2 fully saturated rings. The SMILES string of the molecule is CC(C)C1CCCC(NC(=O)C2CCCC(N)C2)C1.Cl. The van der Waals surface area contributed by atoms with E-state index in [0.29, 0.717) is 6.04 Å². The maximum Gasteiger partial charge on any atom is 0.223 e. The predicted octanol–water partition coefficient (Wildman–Crippen LogP) is 3.26. The Morgan fingerprint density at radius 1 is 1.10 bits per heavy atom. The molecule has 2 rings (SSSR count). The summed E-state index contributed by atoms with van der Waals surface area (Å²) in [5.74, 6) is 1.96. The lowest BCUT2D eigenvalue weighted by Gasteiger charge is -2.34. The number of carbonyl (C=O) groups is 1. The van der Waals surface area contributed by atoms with Crippen LogP contribution in [0.25, 0.3) is 0 Å². The minimum absolute atomic E-state index is 0. The number of carbonyl (C=O) groups excluding carboxylic acids is 1. The van der Waals surface area contributed by atoms with Crippen molar-refractivity contribution < 1.29 is 4.79 Å². The summed E-state index contributed by atoms with van der Waals surface area (Å²) in [6.45, 7) is 4.60. The van der Waals surface area contributed by atoms with E-state index in [1.807, 2.05) is 0 Å². The van der Waals surface area contributed by atoms with Crippen LogP contribution in [0.2, 0.25) is 0 Å². The molecule has 2 aliphatic rings. The molecule has 0 bridgehead atoms. The molecule has 0 aromatic rings. The van der Waals surface area contributed by atoms with Gasteiger partial charge in [-0.15, -0.1) is 12.4 Å². The maximum atomic E-state index is 12.3. The fourth-order valence-corrected chi connectivity index (χ4v) is 3.75. The Balaban J connectivity index is 0.00000200. The number of nitrogens with two attached hydrogens (primary N) is 1. The first-order valence-electron chi connectivity index (χ1n) is 8.12. The van der Waals surface area contributed by atoms with Crippen LogP contribution in [0.5, 0.6) is 0 Å². The highest BCUT2D eigenvalue weighted by atomic mass is 35.5. The molecule has 118 valence electrons. The van der Waals surface area contributed by atoms with Gasteiger partial charge in [-0.1, -0.05) is 33.1 Å². The topological polar surface area (TPSA) is 55.1 Å². The monoisotopic (exact) mass is 302 g/mol. The van der Waals surface area contributed by atoms with E-state index in [9.17, 15) is 4.79 Å². The van der Waals surface area contributed by atoms with Gasteiger partial charge in [-0.3, -0.25) is 4.79 Å². The summed E-state index contributed by atoms with van der Waals surface area (Å²) in [7, 11) is 0. The zero-order valence-corrected chi connectivity index (χ0v) is 13.8. The fraction of sp³-hybridized carbons (Fsp3) is 0.938. The van der Waals surface area contributed by atoms with E-state index in [0.717, 1.165) is 43.9 Å². The Morgan fingerprint density at radius 2 is 1.80 bits per heavy atom. The Hall–Kier alpha value is -0.280. The highest BCUT2D eigenvalue weighted by Crippen LogP contribution is 2.30. The third-order valence-corrected chi connectivity index (χ3v) is 5.09. The Morgan fingerprint density at radius 3 is 2.45 bits per heavy atom. The van der Waals surface area contributed by atoms with Crippen molar-refractivity contribution in [3.05, 3.63) is 0 Å². The fourth-order valence-electron chi connectivity index (χ4n) is 3.75. The summed E-state index contributed by atoms with van der Waals surface area (Å²) in [6.07, 6.45) is 9.03. The average Bonchev–Trinajstić information content (AvgIpc) is 2.39. The van der Waals surface area contributed by atoms with Gasteiger partial charge in [0.15, 0.2) is 0 Å². The molecule has 3 nitrogen and oxygen atoms in total.